The van der Waals surface area contributed by atoms with Crippen molar-refractivity contribution in [2.75, 3.05) is 39.8 Å². The zero-order valence-corrected chi connectivity index (χ0v) is 19.9. The van der Waals surface area contributed by atoms with Gasteiger partial charge in [0.1, 0.15) is 0 Å². The first-order valence-corrected chi connectivity index (χ1v) is 12.1. The number of hydrogen-bond acceptors (Lipinski definition) is 7. The second kappa shape index (κ2) is 11.5. The summed E-state index contributed by atoms with van der Waals surface area (Å²) in [6, 6.07) is 13.9. The molecule has 0 unspecified atom stereocenters. The molecule has 0 fully saturated rings. The Kier molecular flexibility index (Phi) is 7.70. The molecule has 2 aliphatic heterocycles. The Morgan fingerprint density at radius 3 is 2.92 bits per heavy atom. The fourth-order valence-corrected chi connectivity index (χ4v) is 4.44. The van der Waals surface area contributed by atoms with Gasteiger partial charge in [0.2, 0.25) is 13.1 Å². The van der Waals surface area contributed by atoms with Crippen molar-refractivity contribution >= 4 is 16.8 Å². The molecule has 9 heteroatoms. The Hall–Kier alpha value is -3.53. The summed E-state index contributed by atoms with van der Waals surface area (Å²) in [5, 5.41) is 13.0. The summed E-state index contributed by atoms with van der Waals surface area (Å²) < 4.78 is 28.0. The number of aliphatic hydroxyl groups is 1. The third-order valence-electron chi connectivity index (χ3n) is 6.23. The molecule has 3 heterocycles. The van der Waals surface area contributed by atoms with Gasteiger partial charge in [-0.1, -0.05) is 24.3 Å². The van der Waals surface area contributed by atoms with Gasteiger partial charge in [-0.3, -0.25) is 4.79 Å². The van der Waals surface area contributed by atoms with Gasteiger partial charge in [0.15, 0.2) is 17.3 Å². The van der Waals surface area contributed by atoms with E-state index in [1.807, 2.05) is 48.7 Å². The maximum Gasteiger partial charge on any atom is 0.286 e. The average molecular weight is 495 g/mol. The second-order valence-corrected chi connectivity index (χ2v) is 8.61. The van der Waals surface area contributed by atoms with Crippen molar-refractivity contribution in [2.24, 2.45) is 0 Å². The van der Waals surface area contributed by atoms with E-state index in [2.05, 4.69) is 16.4 Å². The van der Waals surface area contributed by atoms with Gasteiger partial charge in [0.25, 0.3) is 5.91 Å². The van der Waals surface area contributed by atoms with Crippen LogP contribution in [0.4, 0.5) is 0 Å². The molecule has 2 atom stereocenters. The molecule has 0 saturated heterocycles. The van der Waals surface area contributed by atoms with Crippen molar-refractivity contribution < 1.29 is 33.6 Å². The number of ether oxygens (including phenoxy) is 5. The molecule has 2 aromatic carbocycles. The maximum atomic E-state index is 13.1. The molecule has 0 spiro atoms. The first kappa shape index (κ1) is 24.2. The molecule has 3 aromatic rings. The SMILES string of the molecule is O=C(NCCc1c[nH]c2ccccc12)C1=C[C@H](c2ccc3c(c2)OCO3)C[C@H](OCCOCCO)O1. The summed E-state index contributed by atoms with van der Waals surface area (Å²) in [4.78, 5) is 16.3. The molecule has 190 valence electrons. The van der Waals surface area contributed by atoms with Crippen LogP contribution in [0.25, 0.3) is 10.9 Å². The van der Waals surface area contributed by atoms with Crippen LogP contribution in [-0.4, -0.2) is 62.1 Å². The van der Waals surface area contributed by atoms with Crippen LogP contribution >= 0.6 is 0 Å². The minimum Gasteiger partial charge on any atom is -0.459 e. The molecule has 0 aliphatic carbocycles. The van der Waals surface area contributed by atoms with Gasteiger partial charge in [0.05, 0.1) is 26.4 Å². The van der Waals surface area contributed by atoms with Gasteiger partial charge in [-0.05, 0) is 41.8 Å². The number of amides is 1. The van der Waals surface area contributed by atoms with Crippen molar-refractivity contribution in [1.82, 2.24) is 10.3 Å². The highest BCUT2D eigenvalue weighted by molar-refractivity contribution is 5.91. The van der Waals surface area contributed by atoms with Crippen LogP contribution in [0, 0.1) is 0 Å². The summed E-state index contributed by atoms with van der Waals surface area (Å²) in [5.41, 5.74) is 3.20. The van der Waals surface area contributed by atoms with Crippen LogP contribution < -0.4 is 14.8 Å². The zero-order chi connectivity index (χ0) is 24.7. The number of aromatic amines is 1. The van der Waals surface area contributed by atoms with Crippen LogP contribution in [-0.2, 0) is 25.4 Å². The van der Waals surface area contributed by atoms with E-state index >= 15 is 0 Å². The molecule has 1 amide bonds. The van der Waals surface area contributed by atoms with E-state index in [-0.39, 0.29) is 44.2 Å². The number of nitrogens with one attached hydrogen (secondary N) is 2. The third kappa shape index (κ3) is 5.64. The molecule has 0 bridgehead atoms. The largest absolute Gasteiger partial charge is 0.459 e. The highest BCUT2D eigenvalue weighted by Gasteiger charge is 2.29. The molecule has 2 aliphatic rings. The van der Waals surface area contributed by atoms with Crippen LogP contribution in [0.3, 0.4) is 0 Å². The summed E-state index contributed by atoms with van der Waals surface area (Å²) in [5.74, 6) is 1.23. The lowest BCUT2D eigenvalue weighted by atomic mass is 9.92. The van der Waals surface area contributed by atoms with E-state index in [1.54, 1.807) is 0 Å². The zero-order valence-electron chi connectivity index (χ0n) is 19.9. The standard InChI is InChI=1S/C27H30N2O7/c30-9-10-32-11-12-33-26-15-20(18-5-6-23-24(13-18)35-17-34-23)14-25(36-26)27(31)28-8-7-19-16-29-22-4-2-1-3-21(19)22/h1-6,13-14,16,20,26,29-30H,7-12,15,17H2,(H,28,31)/t20-,26+/m0/s1. The van der Waals surface area contributed by atoms with E-state index < -0.39 is 6.29 Å². The molecule has 0 radical (unpaired) electrons. The topological polar surface area (TPSA) is 111 Å². The Morgan fingerprint density at radius 1 is 1.11 bits per heavy atom. The lowest BCUT2D eigenvalue weighted by Gasteiger charge is -2.29. The second-order valence-electron chi connectivity index (χ2n) is 8.61. The number of hydrogen-bond donors (Lipinski definition) is 3. The molecule has 36 heavy (non-hydrogen) atoms. The minimum atomic E-state index is -0.613. The molecular weight excluding hydrogens is 464 g/mol. The fraction of sp³-hybridized carbons (Fsp3) is 0.370. The van der Waals surface area contributed by atoms with Gasteiger partial charge in [-0.2, -0.15) is 0 Å². The molecule has 9 nitrogen and oxygen atoms in total. The number of para-hydroxylation sites is 1. The lowest BCUT2D eigenvalue weighted by molar-refractivity contribution is -0.151. The predicted molar refractivity (Wildman–Crippen MR) is 132 cm³/mol. The summed E-state index contributed by atoms with van der Waals surface area (Å²) in [7, 11) is 0. The number of aliphatic hydroxyl groups excluding tert-OH is 1. The Bertz CT molecular complexity index is 1220. The predicted octanol–water partition coefficient (Wildman–Crippen LogP) is 2.99. The van der Waals surface area contributed by atoms with Crippen molar-refractivity contribution in [3.05, 3.63) is 71.6 Å². The third-order valence-corrected chi connectivity index (χ3v) is 6.23. The quantitative estimate of drug-likeness (QED) is 0.352. The van der Waals surface area contributed by atoms with Crippen LogP contribution in [0.2, 0.25) is 0 Å². The van der Waals surface area contributed by atoms with Crippen molar-refractivity contribution in [1.29, 1.82) is 0 Å². The number of carbonyl (C=O) groups is 1. The van der Waals surface area contributed by atoms with Crippen molar-refractivity contribution in [3.8, 4) is 11.5 Å². The van der Waals surface area contributed by atoms with E-state index in [0.29, 0.717) is 37.5 Å². The molecule has 5 rings (SSSR count). The molecular formula is C27H30N2O7. The van der Waals surface area contributed by atoms with E-state index in [1.165, 1.54) is 0 Å². The number of aromatic nitrogens is 1. The number of fused-ring (bicyclic) bond motifs is 2. The highest BCUT2D eigenvalue weighted by atomic mass is 16.7. The van der Waals surface area contributed by atoms with Crippen LogP contribution in [0.5, 0.6) is 11.5 Å². The van der Waals surface area contributed by atoms with Crippen LogP contribution in [0.15, 0.2) is 60.5 Å². The Labute approximate surface area is 208 Å². The number of benzene rings is 2. The summed E-state index contributed by atoms with van der Waals surface area (Å²) in [6.45, 7) is 1.48. The van der Waals surface area contributed by atoms with Crippen LogP contribution in [0.1, 0.15) is 23.5 Å². The van der Waals surface area contributed by atoms with Gasteiger partial charge in [0, 0.05) is 36.0 Å². The fourth-order valence-electron chi connectivity index (χ4n) is 4.44. The molecule has 1 aromatic heterocycles. The van der Waals surface area contributed by atoms with Gasteiger partial charge < -0.3 is 39.1 Å². The summed E-state index contributed by atoms with van der Waals surface area (Å²) >= 11 is 0. The van der Waals surface area contributed by atoms with Gasteiger partial charge >= 0.3 is 0 Å². The first-order chi connectivity index (χ1) is 17.7. The highest BCUT2D eigenvalue weighted by Crippen LogP contribution is 2.38. The Balaban J connectivity index is 1.25. The monoisotopic (exact) mass is 494 g/mol. The summed E-state index contributed by atoms with van der Waals surface area (Å²) in [6.07, 6.45) is 4.42. The van der Waals surface area contributed by atoms with E-state index in [0.717, 1.165) is 22.0 Å². The number of carbonyl (C=O) groups excluding carboxylic acids is 1. The number of allylic oxidation sites excluding steroid dienone is 1. The van der Waals surface area contributed by atoms with E-state index in [4.69, 9.17) is 28.8 Å². The minimum absolute atomic E-state index is 0.0439. The first-order valence-electron chi connectivity index (χ1n) is 12.1. The lowest BCUT2D eigenvalue weighted by Crippen LogP contribution is -2.34. The van der Waals surface area contributed by atoms with Crippen molar-refractivity contribution in [3.63, 3.8) is 0 Å². The normalized spacial score (nSPS) is 18.6. The number of rotatable bonds is 11. The number of H-pyrrole nitrogens is 1. The molecule has 3 N–H and O–H groups in total. The average Bonchev–Trinajstić information content (AvgIpc) is 3.55. The Morgan fingerprint density at radius 2 is 2.00 bits per heavy atom. The smallest absolute Gasteiger partial charge is 0.286 e. The van der Waals surface area contributed by atoms with Gasteiger partial charge in [-0.25, -0.2) is 0 Å². The van der Waals surface area contributed by atoms with Gasteiger partial charge in [-0.15, -0.1) is 0 Å². The van der Waals surface area contributed by atoms with Crippen molar-refractivity contribution in [2.45, 2.75) is 25.0 Å². The molecule has 0 saturated carbocycles. The maximum absolute atomic E-state index is 13.1. The van der Waals surface area contributed by atoms with E-state index in [9.17, 15) is 4.79 Å².